The molecule has 0 aromatic heterocycles. The van der Waals surface area contributed by atoms with E-state index in [9.17, 15) is 13.2 Å². The van der Waals surface area contributed by atoms with Crippen LogP contribution < -0.4 is 14.8 Å². The van der Waals surface area contributed by atoms with E-state index in [-0.39, 0.29) is 15.5 Å². The number of anilines is 1. The topological polar surface area (TPSA) is 87.7 Å². The Bertz CT molecular complexity index is 992. The first-order valence-electron chi connectivity index (χ1n) is 9.84. The van der Waals surface area contributed by atoms with E-state index in [0.717, 1.165) is 6.54 Å². The number of hydrogen-bond donors (Lipinski definition) is 2. The smallest absolute Gasteiger partial charge is 0.261 e. The van der Waals surface area contributed by atoms with Crippen LogP contribution in [-0.4, -0.2) is 52.0 Å². The van der Waals surface area contributed by atoms with Crippen molar-refractivity contribution in [1.29, 1.82) is 0 Å². The van der Waals surface area contributed by atoms with Gasteiger partial charge in [-0.05, 0) is 69.3 Å². The molecule has 0 radical (unpaired) electrons. The number of likely N-dealkylation sites (N-methyl/N-ethyl adjacent to an activating group) is 1. The molecule has 0 unspecified atom stereocenters. The average Bonchev–Trinajstić information content (AvgIpc) is 3.55. The molecule has 2 aromatic carbocycles. The largest absolute Gasteiger partial charge is 0.494 e. The van der Waals surface area contributed by atoms with Crippen molar-refractivity contribution in [2.45, 2.75) is 30.7 Å². The summed E-state index contributed by atoms with van der Waals surface area (Å²) < 4.78 is 33.4. The molecule has 2 aromatic rings. The lowest BCUT2D eigenvalue weighted by atomic mass is 10.2. The molecule has 1 fully saturated rings. The summed E-state index contributed by atoms with van der Waals surface area (Å²) in [6.45, 7) is 3.59. The van der Waals surface area contributed by atoms with Gasteiger partial charge in [0.25, 0.3) is 15.9 Å². The number of carbonyl (C=O) groups excluding carboxylic acids is 1. The van der Waals surface area contributed by atoms with Gasteiger partial charge in [-0.3, -0.25) is 9.52 Å². The maximum atomic E-state index is 12.8. The first kappa shape index (κ1) is 22.4. The Balaban J connectivity index is 1.68. The Hall–Kier alpha value is -2.29. The maximum absolute atomic E-state index is 12.8. The van der Waals surface area contributed by atoms with E-state index >= 15 is 0 Å². The Labute approximate surface area is 182 Å². The molecule has 1 amide bonds. The zero-order chi connectivity index (χ0) is 21.7. The van der Waals surface area contributed by atoms with Gasteiger partial charge in [-0.2, -0.15) is 0 Å². The fourth-order valence-electron chi connectivity index (χ4n) is 2.98. The fraction of sp³-hybridized carbons (Fsp3) is 0.381. The molecular weight excluding hydrogens is 426 g/mol. The van der Waals surface area contributed by atoms with Crippen LogP contribution in [0.3, 0.4) is 0 Å². The van der Waals surface area contributed by atoms with Crippen molar-refractivity contribution in [3.05, 3.63) is 53.1 Å². The van der Waals surface area contributed by atoms with Gasteiger partial charge in [-0.1, -0.05) is 11.6 Å². The summed E-state index contributed by atoms with van der Waals surface area (Å²) in [6.07, 6.45) is 2.38. The van der Waals surface area contributed by atoms with Crippen molar-refractivity contribution in [3.8, 4) is 5.75 Å². The number of ether oxygens (including phenoxy) is 1. The third kappa shape index (κ3) is 5.87. The number of benzene rings is 2. The number of nitrogens with zero attached hydrogens (tertiary/aromatic N) is 1. The van der Waals surface area contributed by atoms with Gasteiger partial charge in [0, 0.05) is 24.8 Å². The quantitative estimate of drug-likeness (QED) is 0.578. The highest BCUT2D eigenvalue weighted by Crippen LogP contribution is 2.25. The van der Waals surface area contributed by atoms with Crippen molar-refractivity contribution in [3.63, 3.8) is 0 Å². The van der Waals surface area contributed by atoms with E-state index in [2.05, 4.69) is 14.9 Å². The van der Waals surface area contributed by atoms with E-state index in [4.69, 9.17) is 16.3 Å². The van der Waals surface area contributed by atoms with Gasteiger partial charge in [0.2, 0.25) is 0 Å². The van der Waals surface area contributed by atoms with Crippen LogP contribution in [0.15, 0.2) is 47.4 Å². The molecule has 2 N–H and O–H groups in total. The molecule has 162 valence electrons. The monoisotopic (exact) mass is 451 g/mol. The third-order valence-corrected chi connectivity index (χ3v) is 6.54. The Morgan fingerprint density at radius 1 is 1.20 bits per heavy atom. The lowest BCUT2D eigenvalue weighted by Crippen LogP contribution is -2.34. The third-order valence-electron chi connectivity index (χ3n) is 4.83. The van der Waals surface area contributed by atoms with Gasteiger partial charge in [0.15, 0.2) is 0 Å². The summed E-state index contributed by atoms with van der Waals surface area (Å²) in [4.78, 5) is 14.7. The van der Waals surface area contributed by atoms with Gasteiger partial charge in [0.1, 0.15) is 5.75 Å². The van der Waals surface area contributed by atoms with Gasteiger partial charge >= 0.3 is 0 Å². The highest BCUT2D eigenvalue weighted by atomic mass is 35.5. The fourth-order valence-corrected chi connectivity index (χ4v) is 4.27. The molecule has 3 rings (SSSR count). The number of halogens is 1. The summed E-state index contributed by atoms with van der Waals surface area (Å²) in [6, 6.07) is 11.3. The Kier molecular flexibility index (Phi) is 7.23. The Morgan fingerprint density at radius 3 is 2.53 bits per heavy atom. The van der Waals surface area contributed by atoms with Crippen LogP contribution in [0.5, 0.6) is 5.75 Å². The predicted molar refractivity (Wildman–Crippen MR) is 118 cm³/mol. The summed E-state index contributed by atoms with van der Waals surface area (Å²) in [5.41, 5.74) is 0.517. The lowest BCUT2D eigenvalue weighted by molar-refractivity contribution is 0.0949. The zero-order valence-electron chi connectivity index (χ0n) is 17.0. The molecule has 0 aliphatic heterocycles. The maximum Gasteiger partial charge on any atom is 0.261 e. The van der Waals surface area contributed by atoms with E-state index in [1.54, 1.807) is 24.3 Å². The number of nitrogens with one attached hydrogen (secondary N) is 2. The molecule has 1 aliphatic rings. The number of carbonyl (C=O) groups is 1. The van der Waals surface area contributed by atoms with Crippen LogP contribution in [0, 0.1) is 0 Å². The molecule has 9 heteroatoms. The van der Waals surface area contributed by atoms with Crippen molar-refractivity contribution in [2.24, 2.45) is 0 Å². The first-order chi connectivity index (χ1) is 14.3. The van der Waals surface area contributed by atoms with Crippen LogP contribution in [0.2, 0.25) is 5.02 Å². The minimum absolute atomic E-state index is 0.0407. The average molecular weight is 452 g/mol. The molecular formula is C21H26ClN3O4S. The van der Waals surface area contributed by atoms with Crippen molar-refractivity contribution in [1.82, 2.24) is 10.2 Å². The van der Waals surface area contributed by atoms with Crippen molar-refractivity contribution in [2.75, 3.05) is 31.5 Å². The molecule has 0 atom stereocenters. The molecule has 0 heterocycles. The van der Waals surface area contributed by atoms with E-state index < -0.39 is 15.9 Å². The summed E-state index contributed by atoms with van der Waals surface area (Å²) >= 11 is 6.15. The first-order valence-corrected chi connectivity index (χ1v) is 11.7. The van der Waals surface area contributed by atoms with Crippen LogP contribution in [-0.2, 0) is 10.0 Å². The van der Waals surface area contributed by atoms with Crippen LogP contribution in [0.4, 0.5) is 5.69 Å². The van der Waals surface area contributed by atoms with Crippen LogP contribution in [0.25, 0.3) is 0 Å². The second-order valence-corrected chi connectivity index (χ2v) is 9.26. The molecule has 1 aliphatic carbocycles. The summed E-state index contributed by atoms with van der Waals surface area (Å²) in [7, 11) is -1.86. The summed E-state index contributed by atoms with van der Waals surface area (Å²) in [5.74, 6) is 0.251. The number of hydrogen-bond acceptors (Lipinski definition) is 5. The molecule has 1 saturated carbocycles. The van der Waals surface area contributed by atoms with Gasteiger partial charge in [-0.25, -0.2) is 8.42 Å². The Morgan fingerprint density at radius 2 is 1.90 bits per heavy atom. The summed E-state index contributed by atoms with van der Waals surface area (Å²) in [5, 5.41) is 3.00. The van der Waals surface area contributed by atoms with Gasteiger partial charge in [0.05, 0.1) is 22.1 Å². The minimum Gasteiger partial charge on any atom is -0.494 e. The molecule has 0 bridgehead atoms. The van der Waals surface area contributed by atoms with E-state index in [0.29, 0.717) is 30.6 Å². The lowest BCUT2D eigenvalue weighted by Gasteiger charge is -2.16. The predicted octanol–water partition coefficient (Wildman–Crippen LogP) is 3.36. The highest BCUT2D eigenvalue weighted by Gasteiger charge is 2.25. The number of rotatable bonds is 10. The second-order valence-electron chi connectivity index (χ2n) is 7.17. The normalized spacial score (nSPS) is 13.9. The zero-order valence-corrected chi connectivity index (χ0v) is 18.6. The number of sulfonamides is 1. The second kappa shape index (κ2) is 9.68. The van der Waals surface area contributed by atoms with Crippen LogP contribution in [0.1, 0.15) is 30.1 Å². The van der Waals surface area contributed by atoms with Gasteiger partial charge in [-0.15, -0.1) is 0 Å². The molecule has 30 heavy (non-hydrogen) atoms. The van der Waals surface area contributed by atoms with Crippen molar-refractivity contribution >= 4 is 33.2 Å². The molecule has 0 saturated heterocycles. The standard InChI is InChI=1S/C21H26ClN3O4S/c1-3-29-17-8-4-15(5-9-17)24-30(27,28)18-10-11-20(22)19(14-18)21(26)23-12-13-25(2)16-6-7-16/h4-5,8-11,14,16,24H,3,6-7,12-13H2,1-2H3,(H,23,26). The number of amides is 1. The van der Waals surface area contributed by atoms with Crippen molar-refractivity contribution < 1.29 is 17.9 Å². The minimum atomic E-state index is -3.89. The molecule has 0 spiro atoms. The van der Waals surface area contributed by atoms with Gasteiger partial charge < -0.3 is 15.0 Å². The SMILES string of the molecule is CCOc1ccc(NS(=O)(=O)c2ccc(Cl)c(C(=O)NCCN(C)C3CC3)c2)cc1. The van der Waals surface area contributed by atoms with E-state index in [1.165, 1.54) is 31.0 Å². The molecule has 7 nitrogen and oxygen atoms in total. The highest BCUT2D eigenvalue weighted by molar-refractivity contribution is 7.92. The van der Waals surface area contributed by atoms with Crippen LogP contribution >= 0.6 is 11.6 Å². The van der Waals surface area contributed by atoms with E-state index in [1.807, 2.05) is 14.0 Å².